The molecule has 5 N–H and O–H groups in total. The molecule has 0 saturated carbocycles. The first kappa shape index (κ1) is 24.9. The van der Waals surface area contributed by atoms with E-state index in [1.807, 2.05) is 19.1 Å². The highest BCUT2D eigenvalue weighted by atomic mass is 35.5. The average Bonchev–Trinajstić information content (AvgIpc) is 2.83. The monoisotopic (exact) mass is 483 g/mol. The van der Waals surface area contributed by atoms with Gasteiger partial charge < -0.3 is 30.9 Å². The first-order valence-corrected chi connectivity index (χ1v) is 11.0. The molecule has 8 nitrogen and oxygen atoms in total. The van der Waals surface area contributed by atoms with Crippen LogP contribution in [0.4, 0.5) is 11.4 Å². The number of hydrogen-bond donors (Lipinski definition) is 4. The van der Waals surface area contributed by atoms with E-state index in [0.717, 1.165) is 5.56 Å². The predicted octanol–water partition coefficient (Wildman–Crippen LogP) is 4.53. The fourth-order valence-electron chi connectivity index (χ4n) is 3.24. The summed E-state index contributed by atoms with van der Waals surface area (Å²) in [5, 5.41) is 15.5. The van der Waals surface area contributed by atoms with Gasteiger partial charge in [0.1, 0.15) is 0 Å². The molecule has 0 radical (unpaired) electrons. The van der Waals surface area contributed by atoms with Gasteiger partial charge in [-0.15, -0.1) is 0 Å². The maximum atomic E-state index is 13.0. The van der Waals surface area contributed by atoms with Crippen LogP contribution < -0.4 is 25.8 Å². The molecule has 1 amide bonds. The summed E-state index contributed by atoms with van der Waals surface area (Å²) < 4.78 is 11.1. The first-order chi connectivity index (χ1) is 16.4. The quantitative estimate of drug-likeness (QED) is 0.316. The van der Waals surface area contributed by atoms with Crippen molar-refractivity contribution in [2.75, 3.05) is 23.8 Å². The molecule has 0 aliphatic carbocycles. The van der Waals surface area contributed by atoms with Crippen LogP contribution in [0.25, 0.3) is 0 Å². The second-order valence-corrected chi connectivity index (χ2v) is 7.69. The number of ether oxygens (including phenoxy) is 2. The number of nitrogens with two attached hydrogens (primary N) is 1. The van der Waals surface area contributed by atoms with Gasteiger partial charge in [0.15, 0.2) is 18.1 Å². The Balaban J connectivity index is 1.82. The fourth-order valence-corrected chi connectivity index (χ4v) is 3.41. The lowest BCUT2D eigenvalue weighted by Crippen LogP contribution is -2.16. The van der Waals surface area contributed by atoms with Crippen molar-refractivity contribution in [3.05, 3.63) is 82.4 Å². The van der Waals surface area contributed by atoms with Crippen LogP contribution in [0.2, 0.25) is 5.02 Å². The number of carboxylic acids is 1. The minimum atomic E-state index is -1.10. The van der Waals surface area contributed by atoms with Gasteiger partial charge in [0.05, 0.1) is 12.2 Å². The van der Waals surface area contributed by atoms with E-state index in [1.165, 1.54) is 0 Å². The number of nitrogens with one attached hydrogen (secondary N) is 2. The van der Waals surface area contributed by atoms with Gasteiger partial charge in [-0.1, -0.05) is 35.9 Å². The summed E-state index contributed by atoms with van der Waals surface area (Å²) in [6.07, 6.45) is 0. The number of rotatable bonds is 11. The zero-order valence-electron chi connectivity index (χ0n) is 18.6. The molecule has 3 rings (SSSR count). The van der Waals surface area contributed by atoms with Gasteiger partial charge in [-0.2, -0.15) is 0 Å². The molecule has 0 fully saturated rings. The molecule has 0 bridgehead atoms. The smallest absolute Gasteiger partial charge is 0.341 e. The molecule has 3 aromatic carbocycles. The topological polar surface area (TPSA) is 123 Å². The summed E-state index contributed by atoms with van der Waals surface area (Å²) in [6, 6.07) is 17.5. The number of para-hydroxylation sites is 1. The number of hydrogen-bond acceptors (Lipinski definition) is 6. The molecule has 9 heteroatoms. The molecule has 34 heavy (non-hydrogen) atoms. The number of carboxylic acid groups (broad SMARTS) is 1. The number of carbonyl (C=O) groups excluding carboxylic acids is 1. The largest absolute Gasteiger partial charge is 0.490 e. The molecule has 0 unspecified atom stereocenters. The minimum absolute atomic E-state index is 0.253. The Labute approximate surface area is 202 Å². The molecule has 0 aliphatic rings. The Hall–Kier alpha value is -3.75. The van der Waals surface area contributed by atoms with Gasteiger partial charge >= 0.3 is 5.97 Å². The summed E-state index contributed by atoms with van der Waals surface area (Å²) in [5.41, 5.74) is 8.78. The molecule has 3 aromatic rings. The summed E-state index contributed by atoms with van der Waals surface area (Å²) in [6.45, 7) is 2.39. The van der Waals surface area contributed by atoms with Crippen LogP contribution in [0.15, 0.2) is 60.7 Å². The Morgan fingerprint density at radius 3 is 2.50 bits per heavy atom. The number of halogens is 1. The third-order valence-corrected chi connectivity index (χ3v) is 5.08. The van der Waals surface area contributed by atoms with E-state index in [1.54, 1.807) is 48.5 Å². The Bertz CT molecular complexity index is 1150. The molecule has 178 valence electrons. The SMILES string of the molecule is CCOc1cccc(CNc2ccc(Cl)cc2C(=O)Nc2ccc(CN)cc2)c1OCC(=O)O. The highest BCUT2D eigenvalue weighted by molar-refractivity contribution is 6.31. The van der Waals surface area contributed by atoms with Crippen LogP contribution in [0.5, 0.6) is 11.5 Å². The van der Waals surface area contributed by atoms with Crippen molar-refractivity contribution in [3.8, 4) is 11.5 Å². The molecule has 0 aromatic heterocycles. The molecule has 0 heterocycles. The summed E-state index contributed by atoms with van der Waals surface area (Å²) >= 11 is 6.16. The lowest BCUT2D eigenvalue weighted by molar-refractivity contribution is -0.139. The highest BCUT2D eigenvalue weighted by Crippen LogP contribution is 2.32. The molecular formula is C25H26ClN3O5. The van der Waals surface area contributed by atoms with Crippen LogP contribution in [-0.2, 0) is 17.9 Å². The van der Waals surface area contributed by atoms with E-state index in [-0.39, 0.29) is 12.5 Å². The second kappa shape index (κ2) is 11.9. The maximum Gasteiger partial charge on any atom is 0.341 e. The van der Waals surface area contributed by atoms with E-state index in [9.17, 15) is 9.59 Å². The lowest BCUT2D eigenvalue weighted by Gasteiger charge is -2.17. The van der Waals surface area contributed by atoms with E-state index >= 15 is 0 Å². The molecule has 0 spiro atoms. The van der Waals surface area contributed by atoms with E-state index < -0.39 is 12.6 Å². The molecule has 0 atom stereocenters. The number of amides is 1. The van der Waals surface area contributed by atoms with Crippen LogP contribution in [-0.4, -0.2) is 30.2 Å². The third kappa shape index (κ3) is 6.63. The fraction of sp³-hybridized carbons (Fsp3) is 0.200. The van der Waals surface area contributed by atoms with Gasteiger partial charge in [-0.05, 0) is 48.9 Å². The van der Waals surface area contributed by atoms with Crippen molar-refractivity contribution < 1.29 is 24.2 Å². The number of carbonyl (C=O) groups is 2. The van der Waals surface area contributed by atoms with Gasteiger partial charge in [-0.3, -0.25) is 4.79 Å². The molecule has 0 aliphatic heterocycles. The summed E-state index contributed by atoms with van der Waals surface area (Å²) in [7, 11) is 0. The second-order valence-electron chi connectivity index (χ2n) is 7.26. The lowest BCUT2D eigenvalue weighted by atomic mass is 10.1. The maximum absolute atomic E-state index is 13.0. The van der Waals surface area contributed by atoms with E-state index in [4.69, 9.17) is 31.9 Å². The first-order valence-electron chi connectivity index (χ1n) is 10.6. The Morgan fingerprint density at radius 1 is 1.06 bits per heavy atom. The minimum Gasteiger partial charge on any atom is -0.490 e. The normalized spacial score (nSPS) is 10.4. The number of anilines is 2. The van der Waals surface area contributed by atoms with Gasteiger partial charge in [0, 0.05) is 35.1 Å². The highest BCUT2D eigenvalue weighted by Gasteiger charge is 2.16. The van der Waals surface area contributed by atoms with Crippen molar-refractivity contribution in [2.24, 2.45) is 5.73 Å². The van der Waals surface area contributed by atoms with E-state index in [0.29, 0.717) is 52.2 Å². The predicted molar refractivity (Wildman–Crippen MR) is 132 cm³/mol. The number of benzene rings is 3. The van der Waals surface area contributed by atoms with Gasteiger partial charge in [0.25, 0.3) is 5.91 Å². The molecular weight excluding hydrogens is 458 g/mol. The zero-order chi connectivity index (χ0) is 24.5. The van der Waals surface area contributed by atoms with Gasteiger partial charge in [-0.25, -0.2) is 4.79 Å². The van der Waals surface area contributed by atoms with Crippen LogP contribution in [0.3, 0.4) is 0 Å². The van der Waals surface area contributed by atoms with Crippen molar-refractivity contribution >= 4 is 34.9 Å². The van der Waals surface area contributed by atoms with Crippen LogP contribution in [0.1, 0.15) is 28.4 Å². The molecule has 0 saturated heterocycles. The van der Waals surface area contributed by atoms with Crippen molar-refractivity contribution in [2.45, 2.75) is 20.0 Å². The summed E-state index contributed by atoms with van der Waals surface area (Å²) in [4.78, 5) is 24.0. The van der Waals surface area contributed by atoms with Crippen LogP contribution in [0, 0.1) is 0 Å². The van der Waals surface area contributed by atoms with Crippen molar-refractivity contribution in [1.29, 1.82) is 0 Å². The zero-order valence-corrected chi connectivity index (χ0v) is 19.4. The Kier molecular flexibility index (Phi) is 8.73. The average molecular weight is 484 g/mol. The van der Waals surface area contributed by atoms with E-state index in [2.05, 4.69) is 10.6 Å². The van der Waals surface area contributed by atoms with Crippen LogP contribution >= 0.6 is 11.6 Å². The Morgan fingerprint density at radius 2 is 1.82 bits per heavy atom. The van der Waals surface area contributed by atoms with Gasteiger partial charge in [0.2, 0.25) is 0 Å². The standard InChI is InChI=1S/C25H26ClN3O5/c1-2-33-22-5-3-4-17(24(22)34-15-23(30)31)14-28-21-11-8-18(26)12-20(21)25(32)29-19-9-6-16(13-27)7-10-19/h3-12,28H,2,13-15,27H2,1H3,(H,29,32)(H,30,31). The number of aliphatic carboxylic acids is 1. The third-order valence-electron chi connectivity index (χ3n) is 4.84. The van der Waals surface area contributed by atoms with Crippen molar-refractivity contribution in [3.63, 3.8) is 0 Å². The van der Waals surface area contributed by atoms with Crippen molar-refractivity contribution in [1.82, 2.24) is 0 Å². The summed E-state index contributed by atoms with van der Waals surface area (Å²) in [5.74, 6) is -0.658.